The van der Waals surface area contributed by atoms with E-state index in [-0.39, 0.29) is 18.2 Å². The second kappa shape index (κ2) is 7.23. The molecule has 2 aromatic rings. The van der Waals surface area contributed by atoms with Crippen molar-refractivity contribution in [2.24, 2.45) is 0 Å². The molecule has 7 heteroatoms. The summed E-state index contributed by atoms with van der Waals surface area (Å²) in [6.45, 7) is 1.41. The normalized spacial score (nSPS) is 19.5. The van der Waals surface area contributed by atoms with Crippen molar-refractivity contribution in [1.82, 2.24) is 4.90 Å². The van der Waals surface area contributed by atoms with Crippen LogP contribution in [0, 0.1) is 0 Å². The van der Waals surface area contributed by atoms with Crippen molar-refractivity contribution in [3.8, 4) is 5.75 Å². The molecule has 1 saturated heterocycles. The Balaban J connectivity index is 1.64. The minimum absolute atomic E-state index is 0.00150. The third-order valence-electron chi connectivity index (χ3n) is 4.96. The number of hydrogen-bond donors (Lipinski definition) is 0. The molecule has 1 fully saturated rings. The highest BCUT2D eigenvalue weighted by molar-refractivity contribution is 7.92. The predicted octanol–water partition coefficient (Wildman–Crippen LogP) is 2.41. The molecule has 2 aliphatic rings. The van der Waals surface area contributed by atoms with E-state index < -0.39 is 16.1 Å². The largest absolute Gasteiger partial charge is 0.476 e. The molecule has 1 atom stereocenters. The predicted molar refractivity (Wildman–Crippen MR) is 103 cm³/mol. The molecule has 6 nitrogen and oxygen atoms in total. The van der Waals surface area contributed by atoms with Crippen molar-refractivity contribution in [3.05, 3.63) is 60.2 Å². The van der Waals surface area contributed by atoms with Gasteiger partial charge in [-0.1, -0.05) is 42.5 Å². The molecule has 0 bridgehead atoms. The van der Waals surface area contributed by atoms with Crippen LogP contribution in [0.1, 0.15) is 18.4 Å². The van der Waals surface area contributed by atoms with Crippen molar-refractivity contribution < 1.29 is 17.9 Å². The molecule has 0 aromatic heterocycles. The van der Waals surface area contributed by atoms with E-state index in [1.807, 2.05) is 18.2 Å². The highest BCUT2D eigenvalue weighted by Crippen LogP contribution is 2.36. The van der Waals surface area contributed by atoms with E-state index in [4.69, 9.17) is 4.74 Å². The van der Waals surface area contributed by atoms with Gasteiger partial charge in [0.25, 0.3) is 5.91 Å². The topological polar surface area (TPSA) is 66.9 Å². The zero-order valence-corrected chi connectivity index (χ0v) is 15.8. The number of anilines is 1. The van der Waals surface area contributed by atoms with Gasteiger partial charge in [-0.05, 0) is 30.5 Å². The summed E-state index contributed by atoms with van der Waals surface area (Å²) in [4.78, 5) is 14.6. The summed E-state index contributed by atoms with van der Waals surface area (Å²) in [7, 11) is -3.66. The third-order valence-corrected chi connectivity index (χ3v) is 6.67. The molecule has 4 rings (SSSR count). The van der Waals surface area contributed by atoms with Crippen LogP contribution >= 0.6 is 0 Å². The first-order valence-corrected chi connectivity index (χ1v) is 10.7. The highest BCUT2D eigenvalue weighted by atomic mass is 32.2. The first kappa shape index (κ1) is 17.9. The van der Waals surface area contributed by atoms with Crippen LogP contribution in [-0.4, -0.2) is 45.0 Å². The molecule has 0 unspecified atom stereocenters. The summed E-state index contributed by atoms with van der Waals surface area (Å²) >= 11 is 0. The Hall–Kier alpha value is -2.54. The minimum atomic E-state index is -3.66. The lowest BCUT2D eigenvalue weighted by Gasteiger charge is -2.36. The smallest absolute Gasteiger partial charge is 0.265 e. The van der Waals surface area contributed by atoms with Gasteiger partial charge in [-0.3, -0.25) is 9.10 Å². The van der Waals surface area contributed by atoms with Gasteiger partial charge in [0.05, 0.1) is 18.0 Å². The number of rotatable bonds is 4. The zero-order valence-electron chi connectivity index (χ0n) is 15.0. The Bertz CT molecular complexity index is 924. The lowest BCUT2D eigenvalue weighted by atomic mass is 10.2. The van der Waals surface area contributed by atoms with Crippen LogP contribution in [0.3, 0.4) is 0 Å². The van der Waals surface area contributed by atoms with Crippen LogP contribution in [-0.2, 0) is 20.6 Å². The monoisotopic (exact) mass is 386 g/mol. The van der Waals surface area contributed by atoms with Gasteiger partial charge >= 0.3 is 0 Å². The number of benzene rings is 2. The maximum absolute atomic E-state index is 13.2. The number of hydrogen-bond acceptors (Lipinski definition) is 4. The van der Waals surface area contributed by atoms with Crippen molar-refractivity contribution in [2.75, 3.05) is 23.9 Å². The van der Waals surface area contributed by atoms with Gasteiger partial charge < -0.3 is 9.64 Å². The number of sulfonamides is 1. The fraction of sp³-hybridized carbons (Fsp3) is 0.350. The minimum Gasteiger partial charge on any atom is -0.476 e. The van der Waals surface area contributed by atoms with Crippen molar-refractivity contribution in [1.29, 1.82) is 0 Å². The average Bonchev–Trinajstić information content (AvgIpc) is 3.21. The fourth-order valence-corrected chi connectivity index (χ4v) is 5.18. The van der Waals surface area contributed by atoms with E-state index in [1.165, 1.54) is 4.31 Å². The molecule has 0 N–H and O–H groups in total. The van der Waals surface area contributed by atoms with Gasteiger partial charge in [-0.2, -0.15) is 0 Å². The summed E-state index contributed by atoms with van der Waals surface area (Å²) in [6, 6.07) is 16.0. The first-order chi connectivity index (χ1) is 13.0. The number of likely N-dealkylation sites (tertiary alicyclic amines) is 1. The summed E-state index contributed by atoms with van der Waals surface area (Å²) in [5.74, 6) is 0.173. The molecule has 142 valence electrons. The summed E-state index contributed by atoms with van der Waals surface area (Å²) in [6.07, 6.45) is 1.14. The van der Waals surface area contributed by atoms with Gasteiger partial charge in [0.2, 0.25) is 10.0 Å². The highest BCUT2D eigenvalue weighted by Gasteiger charge is 2.38. The average molecular weight is 386 g/mol. The standard InChI is InChI=1S/C20H22N2O4S/c23-20(21-12-6-7-13-21)19-14-22(17-10-4-5-11-18(17)26-19)27(24,25)15-16-8-2-1-3-9-16/h1-5,8-11,19H,6-7,12-15H2/t19-/m1/s1. The Labute approximate surface area is 159 Å². The van der Waals surface area contributed by atoms with E-state index in [9.17, 15) is 13.2 Å². The van der Waals surface area contributed by atoms with Crippen molar-refractivity contribution in [2.45, 2.75) is 24.7 Å². The maximum Gasteiger partial charge on any atom is 0.265 e. The lowest BCUT2D eigenvalue weighted by molar-refractivity contribution is -0.137. The van der Waals surface area contributed by atoms with E-state index in [2.05, 4.69) is 0 Å². The molecule has 0 saturated carbocycles. The van der Waals surface area contributed by atoms with Gasteiger partial charge in [0.15, 0.2) is 6.10 Å². The Kier molecular flexibility index (Phi) is 4.78. The van der Waals surface area contributed by atoms with Crippen LogP contribution in [0.4, 0.5) is 5.69 Å². The first-order valence-electron chi connectivity index (χ1n) is 9.13. The Morgan fingerprint density at radius 3 is 2.41 bits per heavy atom. The second-order valence-corrected chi connectivity index (χ2v) is 8.77. The van der Waals surface area contributed by atoms with E-state index >= 15 is 0 Å². The van der Waals surface area contributed by atoms with E-state index in [0.29, 0.717) is 30.1 Å². The van der Waals surface area contributed by atoms with Crippen molar-refractivity contribution >= 4 is 21.6 Å². The SMILES string of the molecule is O=C([C@H]1CN(S(=O)(=O)Cc2ccccc2)c2ccccc2O1)N1CCCC1. The van der Waals surface area contributed by atoms with Gasteiger partial charge in [0, 0.05) is 13.1 Å². The molecule has 2 heterocycles. The molecule has 1 amide bonds. The van der Waals surface area contributed by atoms with E-state index in [0.717, 1.165) is 12.8 Å². The van der Waals surface area contributed by atoms with Gasteiger partial charge in [-0.25, -0.2) is 8.42 Å². The van der Waals surface area contributed by atoms with Gasteiger partial charge in [-0.15, -0.1) is 0 Å². The number of carbonyl (C=O) groups excluding carboxylic acids is 1. The number of fused-ring (bicyclic) bond motifs is 1. The molecular formula is C20H22N2O4S. The third kappa shape index (κ3) is 3.64. The quantitative estimate of drug-likeness (QED) is 0.809. The van der Waals surface area contributed by atoms with Crippen LogP contribution < -0.4 is 9.04 Å². The van der Waals surface area contributed by atoms with Crippen molar-refractivity contribution in [3.63, 3.8) is 0 Å². The molecule has 0 radical (unpaired) electrons. The number of para-hydroxylation sites is 2. The van der Waals surface area contributed by atoms with Crippen LogP contribution in [0.15, 0.2) is 54.6 Å². The molecule has 27 heavy (non-hydrogen) atoms. The van der Waals surface area contributed by atoms with Crippen LogP contribution in [0.25, 0.3) is 0 Å². The molecular weight excluding hydrogens is 364 g/mol. The molecule has 2 aromatic carbocycles. The van der Waals surface area contributed by atoms with Gasteiger partial charge in [0.1, 0.15) is 5.75 Å². The lowest BCUT2D eigenvalue weighted by Crippen LogP contribution is -2.51. The maximum atomic E-state index is 13.2. The number of ether oxygens (including phenoxy) is 1. The zero-order chi connectivity index (χ0) is 18.9. The van der Waals surface area contributed by atoms with E-state index in [1.54, 1.807) is 41.3 Å². The molecule has 0 aliphatic carbocycles. The van der Waals surface area contributed by atoms with Crippen LogP contribution in [0.2, 0.25) is 0 Å². The Morgan fingerprint density at radius 1 is 1.00 bits per heavy atom. The Morgan fingerprint density at radius 2 is 1.67 bits per heavy atom. The molecule has 0 spiro atoms. The number of amides is 1. The molecule has 2 aliphatic heterocycles. The second-order valence-electron chi connectivity index (χ2n) is 6.88. The summed E-state index contributed by atoms with van der Waals surface area (Å²) in [5, 5.41) is 0. The number of carbonyl (C=O) groups is 1. The number of nitrogens with zero attached hydrogens (tertiary/aromatic N) is 2. The van der Waals surface area contributed by atoms with Crippen LogP contribution in [0.5, 0.6) is 5.75 Å². The summed E-state index contributed by atoms with van der Waals surface area (Å²) < 4.78 is 33.5. The summed E-state index contributed by atoms with van der Waals surface area (Å²) in [5.41, 5.74) is 1.20. The fourth-order valence-electron chi connectivity index (χ4n) is 3.60.